The molecule has 1 aromatic heterocycles. The molecule has 1 heterocycles. The average molecular weight is 269 g/mol. The molecule has 1 aromatic rings. The number of nitrogens with two attached hydrogens (primary N) is 1. The van der Waals surface area contributed by atoms with Crippen molar-refractivity contribution in [3.63, 3.8) is 0 Å². The van der Waals surface area contributed by atoms with Gasteiger partial charge in [-0.05, 0) is 24.5 Å². The van der Waals surface area contributed by atoms with Gasteiger partial charge in [0.25, 0.3) is 10.0 Å². The van der Waals surface area contributed by atoms with Crippen LogP contribution in [0.5, 0.6) is 0 Å². The summed E-state index contributed by atoms with van der Waals surface area (Å²) in [5, 5.41) is -0.0728. The van der Waals surface area contributed by atoms with Crippen LogP contribution in [0.4, 0.5) is 5.69 Å². The van der Waals surface area contributed by atoms with Crippen LogP contribution >= 0.6 is 0 Å². The molecule has 0 aromatic carbocycles. The summed E-state index contributed by atoms with van der Waals surface area (Å²) < 4.78 is 26.5. The van der Waals surface area contributed by atoms with E-state index in [1.807, 2.05) is 0 Å². The van der Waals surface area contributed by atoms with Gasteiger partial charge in [0.2, 0.25) is 0 Å². The van der Waals surface area contributed by atoms with E-state index in [4.69, 9.17) is 5.73 Å². The molecule has 1 fully saturated rings. The van der Waals surface area contributed by atoms with E-state index in [2.05, 4.69) is 9.71 Å². The molecule has 0 spiro atoms. The first-order valence-corrected chi connectivity index (χ1v) is 7.78. The van der Waals surface area contributed by atoms with Crippen LogP contribution in [0.2, 0.25) is 0 Å². The highest BCUT2D eigenvalue weighted by Crippen LogP contribution is 2.27. The van der Waals surface area contributed by atoms with E-state index in [0.29, 0.717) is 12.5 Å². The molecule has 3 N–H and O–H groups in total. The molecule has 100 valence electrons. The van der Waals surface area contributed by atoms with E-state index < -0.39 is 10.0 Å². The van der Waals surface area contributed by atoms with E-state index in [9.17, 15) is 8.42 Å². The fourth-order valence-electron chi connectivity index (χ4n) is 2.39. The summed E-state index contributed by atoms with van der Waals surface area (Å²) in [6.45, 7) is 0.461. The third kappa shape index (κ3) is 3.20. The predicted molar refractivity (Wildman–Crippen MR) is 70.4 cm³/mol. The van der Waals surface area contributed by atoms with Crippen LogP contribution in [0.25, 0.3) is 0 Å². The minimum atomic E-state index is -3.57. The molecule has 1 aliphatic carbocycles. The average Bonchev–Trinajstić information content (AvgIpc) is 2.82. The minimum Gasteiger partial charge on any atom is -0.396 e. The normalized spacial score (nSPS) is 17.1. The van der Waals surface area contributed by atoms with Crippen molar-refractivity contribution in [1.82, 2.24) is 9.71 Å². The van der Waals surface area contributed by atoms with Crippen LogP contribution in [0.1, 0.15) is 32.1 Å². The number of nitrogens with zero attached hydrogens (tertiary/aromatic N) is 1. The summed E-state index contributed by atoms with van der Waals surface area (Å²) in [5.74, 6) is 0.661. The fraction of sp³-hybridized carbons (Fsp3) is 0.583. The zero-order valence-corrected chi connectivity index (χ0v) is 11.1. The van der Waals surface area contributed by atoms with Gasteiger partial charge in [0.1, 0.15) is 0 Å². The number of hydrogen-bond donors (Lipinski definition) is 2. The van der Waals surface area contributed by atoms with E-state index in [1.54, 1.807) is 12.1 Å². The lowest BCUT2D eigenvalue weighted by molar-refractivity contribution is 0.495. The standard InChI is InChI=1S/C12H19N3O2S/c13-11-6-3-8-14-12(11)18(16,17)15-9-7-10-4-1-2-5-10/h3,6,8,10,15H,1-2,4-5,7,9,13H2. The first-order valence-electron chi connectivity index (χ1n) is 6.30. The Morgan fingerprint density at radius 1 is 1.39 bits per heavy atom. The molecule has 0 saturated heterocycles. The molecule has 2 rings (SSSR count). The Kier molecular flexibility index (Phi) is 4.19. The number of hydrogen-bond acceptors (Lipinski definition) is 4. The third-order valence-corrected chi connectivity index (χ3v) is 4.81. The van der Waals surface area contributed by atoms with Crippen LogP contribution in [0.3, 0.4) is 0 Å². The van der Waals surface area contributed by atoms with Gasteiger partial charge in [-0.25, -0.2) is 18.1 Å². The summed E-state index contributed by atoms with van der Waals surface area (Å²) in [6.07, 6.45) is 7.30. The topological polar surface area (TPSA) is 85.1 Å². The van der Waals surface area contributed by atoms with Gasteiger partial charge in [-0.1, -0.05) is 25.7 Å². The van der Waals surface area contributed by atoms with Gasteiger partial charge < -0.3 is 5.73 Å². The first-order chi connectivity index (χ1) is 8.59. The van der Waals surface area contributed by atoms with Crippen LogP contribution in [-0.2, 0) is 10.0 Å². The summed E-state index contributed by atoms with van der Waals surface area (Å²) >= 11 is 0. The highest BCUT2D eigenvalue weighted by atomic mass is 32.2. The lowest BCUT2D eigenvalue weighted by atomic mass is 10.1. The van der Waals surface area contributed by atoms with Gasteiger partial charge in [0, 0.05) is 12.7 Å². The van der Waals surface area contributed by atoms with Crippen molar-refractivity contribution in [2.45, 2.75) is 37.1 Å². The highest BCUT2D eigenvalue weighted by molar-refractivity contribution is 7.89. The number of rotatable bonds is 5. The third-order valence-electron chi connectivity index (χ3n) is 3.37. The summed E-state index contributed by atoms with van der Waals surface area (Å²) in [6, 6.07) is 3.16. The maximum absolute atomic E-state index is 12.0. The molecule has 1 aliphatic rings. The Morgan fingerprint density at radius 2 is 2.11 bits per heavy atom. The Bertz CT molecular complexity index is 496. The number of anilines is 1. The highest BCUT2D eigenvalue weighted by Gasteiger charge is 2.20. The van der Waals surface area contributed by atoms with Gasteiger partial charge in [-0.2, -0.15) is 0 Å². The van der Waals surface area contributed by atoms with Crippen molar-refractivity contribution in [2.24, 2.45) is 5.92 Å². The molecule has 18 heavy (non-hydrogen) atoms. The molecule has 0 unspecified atom stereocenters. The Balaban J connectivity index is 1.93. The number of nitrogen functional groups attached to an aromatic ring is 1. The molecular weight excluding hydrogens is 250 g/mol. The quantitative estimate of drug-likeness (QED) is 0.848. The van der Waals surface area contributed by atoms with Crippen LogP contribution in [0.15, 0.2) is 23.4 Å². The lowest BCUT2D eigenvalue weighted by Gasteiger charge is -2.10. The fourth-order valence-corrected chi connectivity index (χ4v) is 3.49. The van der Waals surface area contributed by atoms with Gasteiger partial charge in [0.05, 0.1) is 5.69 Å². The smallest absolute Gasteiger partial charge is 0.260 e. The van der Waals surface area contributed by atoms with Gasteiger partial charge in [-0.3, -0.25) is 0 Å². The van der Waals surface area contributed by atoms with Gasteiger partial charge in [-0.15, -0.1) is 0 Å². The Hall–Kier alpha value is -1.14. The zero-order valence-electron chi connectivity index (χ0n) is 10.3. The molecule has 6 heteroatoms. The maximum Gasteiger partial charge on any atom is 0.260 e. The molecule has 0 radical (unpaired) electrons. The van der Waals surface area contributed by atoms with E-state index in [0.717, 1.165) is 6.42 Å². The van der Waals surface area contributed by atoms with Crippen molar-refractivity contribution < 1.29 is 8.42 Å². The summed E-state index contributed by atoms with van der Waals surface area (Å²) in [5.41, 5.74) is 5.80. The SMILES string of the molecule is Nc1cccnc1S(=O)(=O)NCCC1CCCC1. The van der Waals surface area contributed by atoms with Crippen LogP contribution in [-0.4, -0.2) is 19.9 Å². The largest absolute Gasteiger partial charge is 0.396 e. The summed E-state index contributed by atoms with van der Waals surface area (Å²) in [4.78, 5) is 3.82. The maximum atomic E-state index is 12.0. The first kappa shape index (κ1) is 13.3. The number of nitrogens with one attached hydrogen (secondary N) is 1. The second kappa shape index (κ2) is 5.67. The van der Waals surface area contributed by atoms with Crippen molar-refractivity contribution in [3.05, 3.63) is 18.3 Å². The zero-order chi connectivity index (χ0) is 13.0. The molecule has 0 aliphatic heterocycles. The number of aromatic nitrogens is 1. The number of sulfonamides is 1. The molecular formula is C12H19N3O2S. The second-order valence-electron chi connectivity index (χ2n) is 4.73. The van der Waals surface area contributed by atoms with Crippen molar-refractivity contribution in [2.75, 3.05) is 12.3 Å². The molecule has 1 saturated carbocycles. The second-order valence-corrected chi connectivity index (χ2v) is 6.42. The van der Waals surface area contributed by atoms with E-state index >= 15 is 0 Å². The van der Waals surface area contributed by atoms with Crippen LogP contribution < -0.4 is 10.5 Å². The van der Waals surface area contributed by atoms with Crippen molar-refractivity contribution >= 4 is 15.7 Å². The minimum absolute atomic E-state index is 0.0728. The van der Waals surface area contributed by atoms with Crippen molar-refractivity contribution in [1.29, 1.82) is 0 Å². The lowest BCUT2D eigenvalue weighted by Crippen LogP contribution is -2.27. The molecule has 0 amide bonds. The van der Waals surface area contributed by atoms with E-state index in [-0.39, 0.29) is 10.7 Å². The van der Waals surface area contributed by atoms with Crippen molar-refractivity contribution in [3.8, 4) is 0 Å². The monoisotopic (exact) mass is 269 g/mol. The van der Waals surface area contributed by atoms with E-state index in [1.165, 1.54) is 31.9 Å². The molecule has 0 atom stereocenters. The van der Waals surface area contributed by atoms with Gasteiger partial charge in [0.15, 0.2) is 5.03 Å². The predicted octanol–water partition coefficient (Wildman–Crippen LogP) is 1.52. The van der Waals surface area contributed by atoms with Gasteiger partial charge >= 0.3 is 0 Å². The van der Waals surface area contributed by atoms with Crippen LogP contribution in [0, 0.1) is 5.92 Å². The number of pyridine rings is 1. The summed E-state index contributed by atoms with van der Waals surface area (Å²) in [7, 11) is -3.57. The Labute approximate surface area is 108 Å². The molecule has 5 nitrogen and oxygen atoms in total. The molecule has 0 bridgehead atoms. The Morgan fingerprint density at radius 3 is 2.78 bits per heavy atom.